The van der Waals surface area contributed by atoms with Crippen molar-refractivity contribution >= 4 is 23.5 Å². The van der Waals surface area contributed by atoms with Gasteiger partial charge in [-0.25, -0.2) is 0 Å². The maximum absolute atomic E-state index is 5.42. The molecule has 0 saturated carbocycles. The number of hydrogen-bond donors (Lipinski definition) is 0. The van der Waals surface area contributed by atoms with Crippen LogP contribution in [0, 0.1) is 0 Å². The maximum Gasteiger partial charge on any atom is 0.0922 e. The highest BCUT2D eigenvalue weighted by atomic mass is 32.2. The summed E-state index contributed by atoms with van der Waals surface area (Å²) in [4.78, 5) is 0. The lowest BCUT2D eigenvalue weighted by atomic mass is 10.6. The fourth-order valence-electron chi connectivity index (χ4n) is 1.04. The fourth-order valence-corrected chi connectivity index (χ4v) is 2.83. The molecule has 0 spiro atoms. The van der Waals surface area contributed by atoms with Gasteiger partial charge in [0.25, 0.3) is 0 Å². The molecule has 1 fully saturated rings. The maximum atomic E-state index is 5.42. The molecule has 1 rings (SSSR count). The van der Waals surface area contributed by atoms with E-state index >= 15 is 0 Å². The zero-order valence-electron chi connectivity index (χ0n) is 10.4. The molecule has 0 aromatic rings. The van der Waals surface area contributed by atoms with Gasteiger partial charge in [-0.2, -0.15) is 11.8 Å². The van der Waals surface area contributed by atoms with E-state index < -0.39 is 0 Å². The molecule has 0 bridgehead atoms. The number of rotatable bonds is 13. The van der Waals surface area contributed by atoms with Gasteiger partial charge in [-0.1, -0.05) is 0 Å². The zero-order valence-corrected chi connectivity index (χ0v) is 12.0. The van der Waals surface area contributed by atoms with Gasteiger partial charge in [0.15, 0.2) is 0 Å². The van der Waals surface area contributed by atoms with Crippen molar-refractivity contribution in [2.75, 3.05) is 64.2 Å². The second-order valence-corrected chi connectivity index (χ2v) is 5.88. The third kappa shape index (κ3) is 11.4. The van der Waals surface area contributed by atoms with Gasteiger partial charge < -0.3 is 18.9 Å². The minimum atomic E-state index is 0.622. The lowest BCUT2D eigenvalue weighted by molar-refractivity contribution is 0.00918. The molecule has 0 aromatic heterocycles. The van der Waals surface area contributed by atoms with E-state index in [1.54, 1.807) is 7.11 Å². The van der Waals surface area contributed by atoms with Crippen molar-refractivity contribution < 1.29 is 18.9 Å². The summed E-state index contributed by atoms with van der Waals surface area (Å²) in [6.45, 7) is 3.83. The molecule has 102 valence electrons. The third-order valence-electron chi connectivity index (χ3n) is 2.05. The van der Waals surface area contributed by atoms with Crippen molar-refractivity contribution in [1.82, 2.24) is 0 Å². The molecule has 1 aliphatic rings. The zero-order chi connectivity index (χ0) is 12.2. The minimum Gasteiger partial charge on any atom is -0.382 e. The summed E-state index contributed by atoms with van der Waals surface area (Å²) in [6, 6.07) is 0. The van der Waals surface area contributed by atoms with Crippen molar-refractivity contribution in [2.45, 2.75) is 5.25 Å². The van der Waals surface area contributed by atoms with Crippen molar-refractivity contribution in [1.29, 1.82) is 0 Å². The van der Waals surface area contributed by atoms with Crippen molar-refractivity contribution in [3.63, 3.8) is 0 Å². The smallest absolute Gasteiger partial charge is 0.0922 e. The Balaban J connectivity index is 1.61. The number of thioether (sulfide) groups is 2. The van der Waals surface area contributed by atoms with Crippen LogP contribution in [-0.4, -0.2) is 69.4 Å². The van der Waals surface area contributed by atoms with E-state index in [2.05, 4.69) is 0 Å². The van der Waals surface area contributed by atoms with Gasteiger partial charge in [0.1, 0.15) is 0 Å². The summed E-state index contributed by atoms with van der Waals surface area (Å²) in [6.07, 6.45) is 0. The second kappa shape index (κ2) is 11.6. The Bertz CT molecular complexity index is 168. The average Bonchev–Trinajstić information content (AvgIpc) is 3.15. The summed E-state index contributed by atoms with van der Waals surface area (Å²) in [5.74, 6) is 3.34. The number of hydrogen-bond acceptors (Lipinski definition) is 6. The van der Waals surface area contributed by atoms with E-state index in [1.807, 2.05) is 23.5 Å². The molecule has 0 radical (unpaired) electrons. The van der Waals surface area contributed by atoms with Crippen LogP contribution in [0.5, 0.6) is 0 Å². The predicted molar refractivity (Wildman–Crippen MR) is 73.0 cm³/mol. The molecular formula is C11H22O4S2. The van der Waals surface area contributed by atoms with Gasteiger partial charge in [0.2, 0.25) is 0 Å². The van der Waals surface area contributed by atoms with Crippen LogP contribution >= 0.6 is 23.5 Å². The van der Waals surface area contributed by atoms with Crippen LogP contribution < -0.4 is 0 Å². The fraction of sp³-hybridized carbons (Fsp3) is 1.00. The van der Waals surface area contributed by atoms with E-state index in [0.717, 1.165) is 11.2 Å². The van der Waals surface area contributed by atoms with Gasteiger partial charge in [-0.3, -0.25) is 0 Å². The quantitative estimate of drug-likeness (QED) is 0.289. The molecule has 0 aliphatic carbocycles. The van der Waals surface area contributed by atoms with Crippen molar-refractivity contribution in [3.8, 4) is 0 Å². The summed E-state index contributed by atoms with van der Waals surface area (Å²) in [5.41, 5.74) is 0. The molecule has 1 saturated heterocycles. The third-order valence-corrected chi connectivity index (χ3v) is 4.20. The monoisotopic (exact) mass is 282 g/mol. The first-order valence-electron chi connectivity index (χ1n) is 5.85. The highest BCUT2D eigenvalue weighted by Gasteiger charge is 2.21. The predicted octanol–water partition coefficient (Wildman–Crippen LogP) is 1.49. The highest BCUT2D eigenvalue weighted by molar-refractivity contribution is 8.08. The van der Waals surface area contributed by atoms with Gasteiger partial charge in [-0.05, 0) is 0 Å². The van der Waals surface area contributed by atoms with E-state index in [4.69, 9.17) is 18.9 Å². The van der Waals surface area contributed by atoms with Gasteiger partial charge in [-0.15, -0.1) is 11.8 Å². The van der Waals surface area contributed by atoms with Crippen molar-refractivity contribution in [2.24, 2.45) is 0 Å². The summed E-state index contributed by atoms with van der Waals surface area (Å²) in [7, 11) is 1.66. The van der Waals surface area contributed by atoms with Gasteiger partial charge >= 0.3 is 0 Å². The van der Waals surface area contributed by atoms with Crippen LogP contribution in [0.1, 0.15) is 0 Å². The Morgan fingerprint density at radius 3 is 2.18 bits per heavy atom. The first-order chi connectivity index (χ1) is 8.43. The molecular weight excluding hydrogens is 260 g/mol. The Hall–Kier alpha value is 0.540. The molecule has 6 heteroatoms. The van der Waals surface area contributed by atoms with Crippen molar-refractivity contribution in [3.05, 3.63) is 0 Å². The van der Waals surface area contributed by atoms with Crippen LogP contribution in [0.2, 0.25) is 0 Å². The largest absolute Gasteiger partial charge is 0.382 e. The van der Waals surface area contributed by atoms with E-state index in [9.17, 15) is 0 Å². The Morgan fingerprint density at radius 1 is 1.00 bits per heavy atom. The molecule has 0 N–H and O–H groups in total. The molecule has 17 heavy (non-hydrogen) atoms. The van der Waals surface area contributed by atoms with Crippen LogP contribution in [0.25, 0.3) is 0 Å². The topological polar surface area (TPSA) is 36.9 Å². The number of ether oxygens (including phenoxy) is 4. The van der Waals surface area contributed by atoms with Crippen LogP contribution in [0.15, 0.2) is 0 Å². The van der Waals surface area contributed by atoms with Crippen LogP contribution in [0.4, 0.5) is 0 Å². The normalized spacial score (nSPS) is 18.5. The van der Waals surface area contributed by atoms with E-state index in [0.29, 0.717) is 39.6 Å². The molecule has 0 amide bonds. The Kier molecular flexibility index (Phi) is 10.7. The minimum absolute atomic E-state index is 0.622. The summed E-state index contributed by atoms with van der Waals surface area (Å²) >= 11 is 3.89. The first-order valence-corrected chi connectivity index (χ1v) is 8.05. The van der Waals surface area contributed by atoms with E-state index in [1.165, 1.54) is 11.5 Å². The Morgan fingerprint density at radius 2 is 1.59 bits per heavy atom. The molecule has 0 aromatic carbocycles. The number of methoxy groups -OCH3 is 1. The molecule has 1 unspecified atom stereocenters. The standard InChI is InChI=1S/C11H22O4S2/c1-12-2-3-13-4-5-14-6-7-15-10-16-8-11-9-17-11/h11H,2-10H2,1H3. The molecule has 1 aliphatic heterocycles. The first kappa shape index (κ1) is 15.6. The van der Waals surface area contributed by atoms with Gasteiger partial charge in [0, 0.05) is 23.9 Å². The highest BCUT2D eigenvalue weighted by Crippen LogP contribution is 2.32. The lowest BCUT2D eigenvalue weighted by Crippen LogP contribution is -2.11. The Labute approximate surface area is 112 Å². The van der Waals surface area contributed by atoms with E-state index in [-0.39, 0.29) is 0 Å². The summed E-state index contributed by atoms with van der Waals surface area (Å²) in [5, 5.41) is 0.893. The molecule has 4 nitrogen and oxygen atoms in total. The van der Waals surface area contributed by atoms with Crippen LogP contribution in [0.3, 0.4) is 0 Å². The lowest BCUT2D eigenvalue weighted by Gasteiger charge is -2.06. The SMILES string of the molecule is COCCOCCOCCOCSCC1CS1. The van der Waals surface area contributed by atoms with Crippen LogP contribution in [-0.2, 0) is 18.9 Å². The summed E-state index contributed by atoms with van der Waals surface area (Å²) < 4.78 is 20.9. The molecule has 1 heterocycles. The molecule has 1 atom stereocenters. The average molecular weight is 282 g/mol. The van der Waals surface area contributed by atoms with Gasteiger partial charge in [0.05, 0.1) is 45.6 Å². The second-order valence-electron chi connectivity index (χ2n) is 3.57.